The van der Waals surface area contributed by atoms with Crippen molar-refractivity contribution in [2.24, 2.45) is 0 Å². The molecule has 0 bridgehead atoms. The number of benzene rings is 1. The zero-order chi connectivity index (χ0) is 16.5. The molecule has 6 heteroatoms. The fourth-order valence-corrected chi connectivity index (χ4v) is 3.31. The van der Waals surface area contributed by atoms with E-state index < -0.39 is 10.0 Å². The molecule has 0 aliphatic rings. The van der Waals surface area contributed by atoms with E-state index in [2.05, 4.69) is 9.71 Å². The van der Waals surface area contributed by atoms with Crippen molar-refractivity contribution in [2.45, 2.75) is 39.1 Å². The summed E-state index contributed by atoms with van der Waals surface area (Å²) in [6.07, 6.45) is 0. The first-order valence-corrected chi connectivity index (χ1v) is 8.45. The van der Waals surface area contributed by atoms with Gasteiger partial charge in [0.1, 0.15) is 0 Å². The molecule has 0 aliphatic carbocycles. The Labute approximate surface area is 130 Å². The van der Waals surface area contributed by atoms with Crippen LogP contribution in [-0.2, 0) is 16.6 Å². The molecule has 1 heterocycles. The number of nitrogens with one attached hydrogen (secondary N) is 2. The molecule has 0 spiro atoms. The monoisotopic (exact) mass is 320 g/mol. The smallest absolute Gasteiger partial charge is 0.252 e. The Balaban J connectivity index is 2.27. The van der Waals surface area contributed by atoms with Gasteiger partial charge in [-0.25, -0.2) is 13.1 Å². The molecule has 0 amide bonds. The highest BCUT2D eigenvalue weighted by Gasteiger charge is 2.16. The summed E-state index contributed by atoms with van der Waals surface area (Å²) in [5.41, 5.74) is 3.63. The standard InChI is InChI=1S/C16H20N2O3S/c1-10-5-6-14(8-11(10)2)22(20,21)17-9-15-12(3)7-13(4)18-16(15)19/h5-8,17H,9H2,1-4H3,(H,18,19). The van der Waals surface area contributed by atoms with Gasteiger partial charge in [0, 0.05) is 17.8 Å². The van der Waals surface area contributed by atoms with E-state index >= 15 is 0 Å². The van der Waals surface area contributed by atoms with Crippen LogP contribution >= 0.6 is 0 Å². The Bertz CT molecular complexity index is 867. The van der Waals surface area contributed by atoms with Gasteiger partial charge in [0.25, 0.3) is 5.56 Å². The molecule has 1 aromatic carbocycles. The average molecular weight is 320 g/mol. The molecular weight excluding hydrogens is 300 g/mol. The molecule has 0 fully saturated rings. The van der Waals surface area contributed by atoms with Crippen molar-refractivity contribution < 1.29 is 8.42 Å². The minimum absolute atomic E-state index is 0.0310. The van der Waals surface area contributed by atoms with E-state index in [1.807, 2.05) is 19.9 Å². The summed E-state index contributed by atoms with van der Waals surface area (Å²) < 4.78 is 27.2. The molecule has 0 aliphatic heterocycles. The highest BCUT2D eigenvalue weighted by molar-refractivity contribution is 7.89. The third-order valence-electron chi connectivity index (χ3n) is 3.72. The Morgan fingerprint density at radius 3 is 2.27 bits per heavy atom. The van der Waals surface area contributed by atoms with Gasteiger partial charge in [0.15, 0.2) is 0 Å². The van der Waals surface area contributed by atoms with Crippen molar-refractivity contribution in [3.8, 4) is 0 Å². The number of aromatic amines is 1. The van der Waals surface area contributed by atoms with Gasteiger partial charge in [-0.15, -0.1) is 0 Å². The van der Waals surface area contributed by atoms with E-state index in [0.29, 0.717) is 5.56 Å². The number of rotatable bonds is 4. The van der Waals surface area contributed by atoms with Gasteiger partial charge in [-0.2, -0.15) is 0 Å². The molecular formula is C16H20N2O3S. The second kappa shape index (κ2) is 6.06. The highest BCUT2D eigenvalue weighted by Crippen LogP contribution is 2.15. The van der Waals surface area contributed by atoms with Crippen LogP contribution in [0.15, 0.2) is 34.0 Å². The first kappa shape index (κ1) is 16.5. The van der Waals surface area contributed by atoms with Crippen molar-refractivity contribution in [1.82, 2.24) is 9.71 Å². The van der Waals surface area contributed by atoms with Gasteiger partial charge >= 0.3 is 0 Å². The Morgan fingerprint density at radius 2 is 1.68 bits per heavy atom. The minimum Gasteiger partial charge on any atom is -0.326 e. The molecule has 118 valence electrons. The number of hydrogen-bond acceptors (Lipinski definition) is 3. The summed E-state index contributed by atoms with van der Waals surface area (Å²) in [6, 6.07) is 6.79. The number of hydrogen-bond donors (Lipinski definition) is 2. The van der Waals surface area contributed by atoms with Crippen LogP contribution in [0.25, 0.3) is 0 Å². The molecule has 1 aromatic heterocycles. The lowest BCUT2D eigenvalue weighted by atomic mass is 10.1. The summed E-state index contributed by atoms with van der Waals surface area (Å²) in [7, 11) is -3.64. The number of aryl methyl sites for hydroxylation is 4. The van der Waals surface area contributed by atoms with Crippen LogP contribution in [-0.4, -0.2) is 13.4 Å². The van der Waals surface area contributed by atoms with Crippen LogP contribution in [0, 0.1) is 27.7 Å². The molecule has 2 rings (SSSR count). The first-order valence-electron chi connectivity index (χ1n) is 6.97. The van der Waals surface area contributed by atoms with Gasteiger partial charge in [0.2, 0.25) is 10.0 Å². The first-order chi connectivity index (χ1) is 10.2. The predicted octanol–water partition coefficient (Wildman–Crippen LogP) is 2.09. The third-order valence-corrected chi connectivity index (χ3v) is 5.12. The molecule has 2 aromatic rings. The molecule has 0 atom stereocenters. The largest absolute Gasteiger partial charge is 0.326 e. The van der Waals surface area contributed by atoms with Crippen molar-refractivity contribution in [3.05, 3.63) is 62.6 Å². The van der Waals surface area contributed by atoms with Crippen LogP contribution in [0.4, 0.5) is 0 Å². The topological polar surface area (TPSA) is 79.0 Å². The number of H-pyrrole nitrogens is 1. The molecule has 0 saturated carbocycles. The van der Waals surface area contributed by atoms with Crippen molar-refractivity contribution >= 4 is 10.0 Å². The number of sulfonamides is 1. The number of pyridine rings is 1. The molecule has 5 nitrogen and oxygen atoms in total. The lowest BCUT2D eigenvalue weighted by Crippen LogP contribution is -2.28. The SMILES string of the molecule is Cc1cc(C)c(CNS(=O)(=O)c2ccc(C)c(C)c2)c(=O)[nH]1. The number of aromatic nitrogens is 1. The van der Waals surface area contributed by atoms with Crippen LogP contribution < -0.4 is 10.3 Å². The summed E-state index contributed by atoms with van der Waals surface area (Å²) >= 11 is 0. The van der Waals surface area contributed by atoms with Crippen LogP contribution in [0.5, 0.6) is 0 Å². The zero-order valence-electron chi connectivity index (χ0n) is 13.1. The second-order valence-corrected chi connectivity index (χ2v) is 7.28. The van der Waals surface area contributed by atoms with Crippen molar-refractivity contribution in [1.29, 1.82) is 0 Å². The summed E-state index contributed by atoms with van der Waals surface area (Å²) in [5.74, 6) is 0. The fourth-order valence-electron chi connectivity index (χ4n) is 2.23. The van der Waals surface area contributed by atoms with E-state index in [4.69, 9.17) is 0 Å². The van der Waals surface area contributed by atoms with E-state index in [9.17, 15) is 13.2 Å². The van der Waals surface area contributed by atoms with Gasteiger partial charge in [-0.3, -0.25) is 4.79 Å². The van der Waals surface area contributed by atoms with E-state index in [0.717, 1.165) is 22.4 Å². The summed E-state index contributed by atoms with van der Waals surface area (Å²) in [5, 5.41) is 0. The maximum Gasteiger partial charge on any atom is 0.252 e. The van der Waals surface area contributed by atoms with Crippen LogP contribution in [0.2, 0.25) is 0 Å². The second-order valence-electron chi connectivity index (χ2n) is 5.51. The molecule has 0 saturated heterocycles. The quantitative estimate of drug-likeness (QED) is 0.905. The predicted molar refractivity (Wildman–Crippen MR) is 86.5 cm³/mol. The molecule has 2 N–H and O–H groups in total. The Hall–Kier alpha value is -1.92. The maximum absolute atomic E-state index is 12.3. The average Bonchev–Trinajstić information content (AvgIpc) is 2.40. The lowest BCUT2D eigenvalue weighted by Gasteiger charge is -2.10. The summed E-state index contributed by atoms with van der Waals surface area (Å²) in [4.78, 5) is 14.8. The fraction of sp³-hybridized carbons (Fsp3) is 0.312. The van der Waals surface area contributed by atoms with Crippen LogP contribution in [0.1, 0.15) is 27.9 Å². The zero-order valence-corrected chi connectivity index (χ0v) is 14.0. The maximum atomic E-state index is 12.3. The van der Waals surface area contributed by atoms with Crippen molar-refractivity contribution in [3.63, 3.8) is 0 Å². The highest BCUT2D eigenvalue weighted by atomic mass is 32.2. The molecule has 0 radical (unpaired) electrons. The van der Waals surface area contributed by atoms with E-state index in [1.54, 1.807) is 32.0 Å². The van der Waals surface area contributed by atoms with Crippen molar-refractivity contribution in [2.75, 3.05) is 0 Å². The van der Waals surface area contributed by atoms with Gasteiger partial charge in [-0.1, -0.05) is 6.07 Å². The lowest BCUT2D eigenvalue weighted by molar-refractivity contribution is 0.580. The van der Waals surface area contributed by atoms with Gasteiger partial charge in [-0.05, 0) is 62.6 Å². The van der Waals surface area contributed by atoms with Gasteiger partial charge < -0.3 is 4.98 Å². The Morgan fingerprint density at radius 1 is 1.00 bits per heavy atom. The summed E-state index contributed by atoms with van der Waals surface area (Å²) in [6.45, 7) is 7.34. The van der Waals surface area contributed by atoms with Crippen LogP contribution in [0.3, 0.4) is 0 Å². The normalized spacial score (nSPS) is 11.6. The van der Waals surface area contributed by atoms with Gasteiger partial charge in [0.05, 0.1) is 4.90 Å². The molecule has 0 unspecified atom stereocenters. The van der Waals surface area contributed by atoms with E-state index in [-0.39, 0.29) is 17.0 Å². The Kier molecular flexibility index (Phi) is 4.53. The van der Waals surface area contributed by atoms with E-state index in [1.165, 1.54) is 0 Å². The molecule has 22 heavy (non-hydrogen) atoms. The third kappa shape index (κ3) is 3.45. The minimum atomic E-state index is -3.64.